The first-order valence-electron chi connectivity index (χ1n) is 5.16. The van der Waals surface area contributed by atoms with Gasteiger partial charge < -0.3 is 11.1 Å². The van der Waals surface area contributed by atoms with E-state index in [0.29, 0.717) is 17.9 Å². The van der Waals surface area contributed by atoms with Gasteiger partial charge in [-0.25, -0.2) is 0 Å². The zero-order valence-electron chi connectivity index (χ0n) is 9.30. The molecule has 0 aliphatic rings. The van der Waals surface area contributed by atoms with E-state index in [1.165, 1.54) is 12.8 Å². The lowest BCUT2D eigenvalue weighted by Gasteiger charge is -2.11. The summed E-state index contributed by atoms with van der Waals surface area (Å²) in [5, 5.41) is 3.07. The molecular weight excluding hydrogens is 162 g/mol. The van der Waals surface area contributed by atoms with Gasteiger partial charge in [0.05, 0.1) is 0 Å². The summed E-state index contributed by atoms with van der Waals surface area (Å²) >= 11 is 0. The number of nitrogens with one attached hydrogen (secondary N) is 1. The smallest absolute Gasteiger partial charge is 0.188 e. The Bertz CT molecular complexity index is 148. The van der Waals surface area contributed by atoms with E-state index in [-0.39, 0.29) is 0 Å². The minimum absolute atomic E-state index is 0.366. The van der Waals surface area contributed by atoms with E-state index >= 15 is 0 Å². The number of nitrogens with two attached hydrogens (primary N) is 1. The number of hydrogen-bond acceptors (Lipinski definition) is 1. The van der Waals surface area contributed by atoms with Crippen molar-refractivity contribution < 1.29 is 0 Å². The molecule has 0 aromatic heterocycles. The molecule has 0 radical (unpaired) electrons. The number of aliphatic imine (C=N–C) groups is 1. The SMILES string of the molecule is CCC(CC)CN=C(N)NC(C)C. The molecule has 0 aromatic carbocycles. The van der Waals surface area contributed by atoms with E-state index in [1.54, 1.807) is 0 Å². The summed E-state index contributed by atoms with van der Waals surface area (Å²) in [5.74, 6) is 1.24. The van der Waals surface area contributed by atoms with Crippen LogP contribution in [0.5, 0.6) is 0 Å². The van der Waals surface area contributed by atoms with Crippen molar-refractivity contribution >= 4 is 5.96 Å². The molecule has 0 unspecified atom stereocenters. The predicted octanol–water partition coefficient (Wildman–Crippen LogP) is 1.74. The minimum Gasteiger partial charge on any atom is -0.370 e. The van der Waals surface area contributed by atoms with Gasteiger partial charge in [0.15, 0.2) is 5.96 Å². The first kappa shape index (κ1) is 12.3. The van der Waals surface area contributed by atoms with Crippen LogP contribution in [0.15, 0.2) is 4.99 Å². The van der Waals surface area contributed by atoms with Crippen LogP contribution in [0.3, 0.4) is 0 Å². The van der Waals surface area contributed by atoms with Gasteiger partial charge in [-0.1, -0.05) is 26.7 Å². The Morgan fingerprint density at radius 1 is 1.31 bits per heavy atom. The fourth-order valence-corrected chi connectivity index (χ4v) is 1.12. The highest BCUT2D eigenvalue weighted by Gasteiger charge is 2.02. The van der Waals surface area contributed by atoms with Crippen molar-refractivity contribution in [1.29, 1.82) is 0 Å². The Hall–Kier alpha value is -0.730. The first-order chi connectivity index (χ1) is 6.10. The summed E-state index contributed by atoms with van der Waals surface area (Å²) in [5.41, 5.74) is 5.67. The lowest BCUT2D eigenvalue weighted by molar-refractivity contribution is 0.504. The Morgan fingerprint density at radius 3 is 2.23 bits per heavy atom. The molecule has 0 heterocycles. The van der Waals surface area contributed by atoms with Gasteiger partial charge in [-0.2, -0.15) is 0 Å². The Labute approximate surface area is 81.8 Å². The Kier molecular flexibility index (Phi) is 6.37. The highest BCUT2D eigenvalue weighted by molar-refractivity contribution is 5.78. The highest BCUT2D eigenvalue weighted by Crippen LogP contribution is 2.06. The van der Waals surface area contributed by atoms with Crippen LogP contribution in [-0.2, 0) is 0 Å². The van der Waals surface area contributed by atoms with Crippen molar-refractivity contribution in [1.82, 2.24) is 5.32 Å². The van der Waals surface area contributed by atoms with Gasteiger partial charge in [0, 0.05) is 12.6 Å². The van der Waals surface area contributed by atoms with Crippen molar-refractivity contribution in [2.45, 2.75) is 46.6 Å². The fourth-order valence-electron chi connectivity index (χ4n) is 1.12. The van der Waals surface area contributed by atoms with Gasteiger partial charge in [-0.05, 0) is 19.8 Å². The highest BCUT2D eigenvalue weighted by atomic mass is 15.1. The lowest BCUT2D eigenvalue weighted by Crippen LogP contribution is -2.37. The number of rotatable bonds is 5. The van der Waals surface area contributed by atoms with Crippen molar-refractivity contribution in [2.75, 3.05) is 6.54 Å². The zero-order chi connectivity index (χ0) is 10.3. The second-order valence-corrected chi connectivity index (χ2v) is 3.71. The van der Waals surface area contributed by atoms with Gasteiger partial charge in [0.1, 0.15) is 0 Å². The molecule has 0 bridgehead atoms. The van der Waals surface area contributed by atoms with Gasteiger partial charge >= 0.3 is 0 Å². The van der Waals surface area contributed by atoms with Gasteiger partial charge in [-0.3, -0.25) is 4.99 Å². The molecular formula is C10H23N3. The van der Waals surface area contributed by atoms with E-state index in [2.05, 4.69) is 38.0 Å². The average Bonchev–Trinajstić information content (AvgIpc) is 2.05. The van der Waals surface area contributed by atoms with Crippen LogP contribution in [-0.4, -0.2) is 18.5 Å². The topological polar surface area (TPSA) is 50.4 Å². The maximum absolute atomic E-state index is 5.67. The summed E-state index contributed by atoms with van der Waals surface area (Å²) in [7, 11) is 0. The standard InChI is InChI=1S/C10H23N3/c1-5-9(6-2)7-12-10(11)13-8(3)4/h8-9H,5-7H2,1-4H3,(H3,11,12,13). The second kappa shape index (κ2) is 6.75. The van der Waals surface area contributed by atoms with E-state index < -0.39 is 0 Å². The molecule has 0 amide bonds. The molecule has 0 atom stereocenters. The molecule has 0 aliphatic carbocycles. The fraction of sp³-hybridized carbons (Fsp3) is 0.900. The van der Waals surface area contributed by atoms with E-state index in [1.807, 2.05) is 0 Å². The van der Waals surface area contributed by atoms with Crippen molar-refractivity contribution in [3.8, 4) is 0 Å². The minimum atomic E-state index is 0.366. The molecule has 0 aliphatic heterocycles. The van der Waals surface area contributed by atoms with Gasteiger partial charge in [0.2, 0.25) is 0 Å². The third kappa shape index (κ3) is 6.43. The summed E-state index contributed by atoms with van der Waals surface area (Å²) < 4.78 is 0. The molecule has 0 fully saturated rings. The molecule has 0 saturated heterocycles. The van der Waals surface area contributed by atoms with Crippen LogP contribution in [0, 0.1) is 5.92 Å². The monoisotopic (exact) mass is 185 g/mol. The number of nitrogens with zero attached hydrogens (tertiary/aromatic N) is 1. The largest absolute Gasteiger partial charge is 0.370 e. The number of guanidine groups is 1. The number of hydrogen-bond donors (Lipinski definition) is 2. The third-order valence-corrected chi connectivity index (χ3v) is 2.11. The second-order valence-electron chi connectivity index (χ2n) is 3.71. The van der Waals surface area contributed by atoms with Crippen LogP contribution in [0.2, 0.25) is 0 Å². The molecule has 13 heavy (non-hydrogen) atoms. The first-order valence-corrected chi connectivity index (χ1v) is 5.16. The van der Waals surface area contributed by atoms with Crippen LogP contribution in [0.4, 0.5) is 0 Å². The molecule has 0 rings (SSSR count). The van der Waals surface area contributed by atoms with Crippen molar-refractivity contribution in [3.05, 3.63) is 0 Å². The van der Waals surface area contributed by atoms with Crippen LogP contribution in [0.25, 0.3) is 0 Å². The quantitative estimate of drug-likeness (QED) is 0.506. The molecule has 3 N–H and O–H groups in total. The zero-order valence-corrected chi connectivity index (χ0v) is 9.30. The van der Waals surface area contributed by atoms with Crippen molar-refractivity contribution in [2.24, 2.45) is 16.6 Å². The predicted molar refractivity (Wildman–Crippen MR) is 58.8 cm³/mol. The molecule has 3 nitrogen and oxygen atoms in total. The normalized spacial score (nSPS) is 12.6. The van der Waals surface area contributed by atoms with E-state index in [4.69, 9.17) is 5.73 Å². The Morgan fingerprint density at radius 2 is 1.85 bits per heavy atom. The summed E-state index contributed by atoms with van der Waals surface area (Å²) in [6.07, 6.45) is 2.35. The van der Waals surface area contributed by atoms with Crippen LogP contribution < -0.4 is 11.1 Å². The summed E-state index contributed by atoms with van der Waals surface area (Å²) in [6, 6.07) is 0.366. The molecule has 3 heteroatoms. The summed E-state index contributed by atoms with van der Waals surface area (Å²) in [6.45, 7) is 9.34. The van der Waals surface area contributed by atoms with E-state index in [9.17, 15) is 0 Å². The Balaban J connectivity index is 3.80. The van der Waals surface area contributed by atoms with Gasteiger partial charge in [0.25, 0.3) is 0 Å². The summed E-state index contributed by atoms with van der Waals surface area (Å²) in [4.78, 5) is 4.29. The molecule has 0 aromatic rings. The van der Waals surface area contributed by atoms with Crippen molar-refractivity contribution in [3.63, 3.8) is 0 Å². The van der Waals surface area contributed by atoms with Crippen LogP contribution >= 0.6 is 0 Å². The van der Waals surface area contributed by atoms with Gasteiger partial charge in [-0.15, -0.1) is 0 Å². The molecule has 0 spiro atoms. The molecule has 78 valence electrons. The maximum atomic E-state index is 5.67. The van der Waals surface area contributed by atoms with Crippen LogP contribution in [0.1, 0.15) is 40.5 Å². The molecule has 0 saturated carbocycles. The van der Waals surface area contributed by atoms with E-state index in [0.717, 1.165) is 6.54 Å². The maximum Gasteiger partial charge on any atom is 0.188 e. The average molecular weight is 185 g/mol. The third-order valence-electron chi connectivity index (χ3n) is 2.11. The lowest BCUT2D eigenvalue weighted by atomic mass is 10.0.